The van der Waals surface area contributed by atoms with Gasteiger partial charge in [-0.3, -0.25) is 4.79 Å². The number of nitrogens with zero attached hydrogens (tertiary/aromatic N) is 1. The van der Waals surface area contributed by atoms with Gasteiger partial charge in [-0.2, -0.15) is 0 Å². The zero-order chi connectivity index (χ0) is 8.43. The van der Waals surface area contributed by atoms with E-state index in [0.29, 0.717) is 19.3 Å². The van der Waals surface area contributed by atoms with Gasteiger partial charge in [0.25, 0.3) is 0 Å². The SMILES string of the molecule is CC(=O)N1CC(O)CC1C=O. The molecule has 0 spiro atoms. The van der Waals surface area contributed by atoms with Gasteiger partial charge >= 0.3 is 0 Å². The quantitative estimate of drug-likeness (QED) is 0.505. The second kappa shape index (κ2) is 3.00. The minimum atomic E-state index is -0.533. The normalized spacial score (nSPS) is 30.5. The lowest BCUT2D eigenvalue weighted by molar-refractivity contribution is -0.132. The van der Waals surface area contributed by atoms with Crippen molar-refractivity contribution in [1.82, 2.24) is 4.90 Å². The molecule has 4 nitrogen and oxygen atoms in total. The lowest BCUT2D eigenvalue weighted by atomic mass is 10.2. The van der Waals surface area contributed by atoms with Crippen LogP contribution in [0.4, 0.5) is 0 Å². The van der Waals surface area contributed by atoms with E-state index in [1.54, 1.807) is 0 Å². The highest BCUT2D eigenvalue weighted by molar-refractivity contribution is 5.78. The van der Waals surface area contributed by atoms with Crippen molar-refractivity contribution in [3.8, 4) is 0 Å². The highest BCUT2D eigenvalue weighted by Crippen LogP contribution is 2.15. The smallest absolute Gasteiger partial charge is 0.220 e. The van der Waals surface area contributed by atoms with E-state index in [-0.39, 0.29) is 5.91 Å². The molecule has 2 unspecified atom stereocenters. The first-order chi connectivity index (χ1) is 5.15. The van der Waals surface area contributed by atoms with E-state index in [1.807, 2.05) is 0 Å². The highest BCUT2D eigenvalue weighted by Gasteiger charge is 2.31. The van der Waals surface area contributed by atoms with Crippen LogP contribution in [0.5, 0.6) is 0 Å². The number of carbonyl (C=O) groups excluding carboxylic acids is 2. The largest absolute Gasteiger partial charge is 0.391 e. The molecule has 62 valence electrons. The Morgan fingerprint density at radius 3 is 2.73 bits per heavy atom. The number of hydrogen-bond donors (Lipinski definition) is 1. The highest BCUT2D eigenvalue weighted by atomic mass is 16.3. The molecule has 1 heterocycles. The standard InChI is InChI=1S/C7H11NO3/c1-5(10)8-3-7(11)2-6(8)4-9/h4,6-7,11H,2-3H2,1H3. The maximum atomic E-state index is 10.8. The summed E-state index contributed by atoms with van der Waals surface area (Å²) in [6, 6.07) is -0.414. The molecule has 1 aliphatic rings. The van der Waals surface area contributed by atoms with Gasteiger partial charge in [0.05, 0.1) is 12.1 Å². The van der Waals surface area contributed by atoms with Gasteiger partial charge in [0.2, 0.25) is 5.91 Å². The number of amides is 1. The molecule has 0 aromatic heterocycles. The number of rotatable bonds is 1. The summed E-state index contributed by atoms with van der Waals surface area (Å²) < 4.78 is 0. The zero-order valence-corrected chi connectivity index (χ0v) is 6.36. The number of aldehydes is 1. The van der Waals surface area contributed by atoms with Crippen LogP contribution >= 0.6 is 0 Å². The van der Waals surface area contributed by atoms with Crippen molar-refractivity contribution in [3.63, 3.8) is 0 Å². The van der Waals surface area contributed by atoms with E-state index in [9.17, 15) is 9.59 Å². The van der Waals surface area contributed by atoms with Crippen LogP contribution in [0.2, 0.25) is 0 Å². The van der Waals surface area contributed by atoms with Crippen LogP contribution in [-0.4, -0.2) is 40.9 Å². The molecule has 1 fully saturated rings. The summed E-state index contributed by atoms with van der Waals surface area (Å²) in [7, 11) is 0. The topological polar surface area (TPSA) is 57.6 Å². The van der Waals surface area contributed by atoms with Crippen LogP contribution in [0, 0.1) is 0 Å². The van der Waals surface area contributed by atoms with Crippen molar-refractivity contribution in [2.45, 2.75) is 25.5 Å². The monoisotopic (exact) mass is 157 g/mol. The minimum Gasteiger partial charge on any atom is -0.391 e. The van der Waals surface area contributed by atoms with Gasteiger partial charge in [-0.15, -0.1) is 0 Å². The molecule has 1 rings (SSSR count). The Bertz CT molecular complexity index is 181. The number of aliphatic hydroxyl groups excluding tert-OH is 1. The van der Waals surface area contributed by atoms with Gasteiger partial charge in [0.15, 0.2) is 0 Å². The van der Waals surface area contributed by atoms with Crippen LogP contribution in [0.3, 0.4) is 0 Å². The van der Waals surface area contributed by atoms with Gasteiger partial charge in [0, 0.05) is 19.9 Å². The predicted octanol–water partition coefficient (Wildman–Crippen LogP) is -0.833. The summed E-state index contributed by atoms with van der Waals surface area (Å²) in [4.78, 5) is 22.6. The number of hydrogen-bond acceptors (Lipinski definition) is 3. The molecule has 0 aromatic carbocycles. The lowest BCUT2D eigenvalue weighted by Crippen LogP contribution is -2.34. The fourth-order valence-corrected chi connectivity index (χ4v) is 1.33. The molecule has 0 bridgehead atoms. The second-order valence-electron chi connectivity index (χ2n) is 2.76. The first-order valence-corrected chi connectivity index (χ1v) is 3.55. The van der Waals surface area contributed by atoms with Crippen LogP contribution < -0.4 is 0 Å². The Morgan fingerprint density at radius 2 is 2.36 bits per heavy atom. The zero-order valence-electron chi connectivity index (χ0n) is 6.36. The van der Waals surface area contributed by atoms with E-state index >= 15 is 0 Å². The molecule has 1 aliphatic heterocycles. The first kappa shape index (κ1) is 8.20. The van der Waals surface area contributed by atoms with Crippen molar-refractivity contribution in [2.24, 2.45) is 0 Å². The third kappa shape index (κ3) is 1.57. The maximum absolute atomic E-state index is 10.8. The number of aliphatic hydroxyl groups is 1. The van der Waals surface area contributed by atoms with Crippen LogP contribution in [-0.2, 0) is 9.59 Å². The number of carbonyl (C=O) groups is 2. The molecule has 0 aliphatic carbocycles. The van der Waals surface area contributed by atoms with Gasteiger partial charge < -0.3 is 14.8 Å². The van der Waals surface area contributed by atoms with Gasteiger partial charge in [-0.25, -0.2) is 0 Å². The van der Waals surface area contributed by atoms with Crippen LogP contribution in [0.15, 0.2) is 0 Å². The van der Waals surface area contributed by atoms with Crippen molar-refractivity contribution in [2.75, 3.05) is 6.54 Å². The Morgan fingerprint density at radius 1 is 1.73 bits per heavy atom. The van der Waals surface area contributed by atoms with Crippen LogP contribution in [0.1, 0.15) is 13.3 Å². The average molecular weight is 157 g/mol. The molecule has 1 amide bonds. The van der Waals surface area contributed by atoms with Crippen molar-refractivity contribution < 1.29 is 14.7 Å². The first-order valence-electron chi connectivity index (χ1n) is 3.55. The van der Waals surface area contributed by atoms with Crippen LogP contribution in [0.25, 0.3) is 0 Å². The minimum absolute atomic E-state index is 0.154. The van der Waals surface area contributed by atoms with Crippen molar-refractivity contribution in [3.05, 3.63) is 0 Å². The Kier molecular flexibility index (Phi) is 2.24. The molecule has 0 aromatic rings. The Balaban J connectivity index is 2.64. The second-order valence-corrected chi connectivity index (χ2v) is 2.76. The van der Waals surface area contributed by atoms with E-state index in [4.69, 9.17) is 5.11 Å². The van der Waals surface area contributed by atoms with E-state index < -0.39 is 12.1 Å². The fraction of sp³-hybridized carbons (Fsp3) is 0.714. The summed E-state index contributed by atoms with van der Waals surface area (Å²) in [5.41, 5.74) is 0. The van der Waals surface area contributed by atoms with Gasteiger partial charge in [-0.05, 0) is 0 Å². The molecule has 0 radical (unpaired) electrons. The molecule has 1 saturated heterocycles. The summed E-state index contributed by atoms with van der Waals surface area (Å²) in [6.07, 6.45) is 0.551. The Labute approximate surface area is 64.8 Å². The summed E-state index contributed by atoms with van der Waals surface area (Å²) in [5.74, 6) is -0.154. The Hall–Kier alpha value is -0.900. The summed E-state index contributed by atoms with van der Waals surface area (Å²) in [6.45, 7) is 1.69. The molecule has 11 heavy (non-hydrogen) atoms. The van der Waals surface area contributed by atoms with Gasteiger partial charge in [0.1, 0.15) is 6.29 Å². The van der Waals surface area contributed by atoms with Crippen molar-refractivity contribution >= 4 is 12.2 Å². The molecule has 4 heteroatoms. The maximum Gasteiger partial charge on any atom is 0.220 e. The third-order valence-electron chi connectivity index (χ3n) is 1.88. The molecular weight excluding hydrogens is 146 g/mol. The van der Waals surface area contributed by atoms with E-state index in [0.717, 1.165) is 0 Å². The van der Waals surface area contributed by atoms with Crippen molar-refractivity contribution in [1.29, 1.82) is 0 Å². The molecular formula is C7H11NO3. The summed E-state index contributed by atoms with van der Waals surface area (Å²) in [5, 5.41) is 9.10. The number of β-amino-alcohol motifs (C(OH)–C–C–N with tert-alkyl or cyclic N) is 1. The van der Waals surface area contributed by atoms with E-state index in [2.05, 4.69) is 0 Å². The van der Waals surface area contributed by atoms with E-state index in [1.165, 1.54) is 11.8 Å². The lowest BCUT2D eigenvalue weighted by Gasteiger charge is -2.16. The molecule has 0 saturated carbocycles. The average Bonchev–Trinajstić information content (AvgIpc) is 2.30. The number of likely N-dealkylation sites (tertiary alicyclic amines) is 1. The fourth-order valence-electron chi connectivity index (χ4n) is 1.33. The van der Waals surface area contributed by atoms with Gasteiger partial charge in [-0.1, -0.05) is 0 Å². The molecule has 1 N–H and O–H groups in total. The molecule has 2 atom stereocenters. The summed E-state index contributed by atoms with van der Waals surface area (Å²) >= 11 is 0. The third-order valence-corrected chi connectivity index (χ3v) is 1.88. The predicted molar refractivity (Wildman–Crippen MR) is 37.9 cm³/mol.